The van der Waals surface area contributed by atoms with E-state index in [2.05, 4.69) is 35.2 Å². The van der Waals surface area contributed by atoms with Crippen LogP contribution in [0.15, 0.2) is 36.4 Å². The van der Waals surface area contributed by atoms with Gasteiger partial charge in [0, 0.05) is 32.7 Å². The van der Waals surface area contributed by atoms with Gasteiger partial charge in [0.15, 0.2) is 11.5 Å². The van der Waals surface area contributed by atoms with Crippen LogP contribution < -0.4 is 9.64 Å². The van der Waals surface area contributed by atoms with Crippen molar-refractivity contribution in [3.05, 3.63) is 42.0 Å². The van der Waals surface area contributed by atoms with Crippen molar-refractivity contribution in [1.29, 1.82) is 0 Å². The molecule has 0 spiro atoms. The lowest BCUT2D eigenvalue weighted by molar-refractivity contribution is -0.274. The van der Waals surface area contributed by atoms with Crippen molar-refractivity contribution in [3.63, 3.8) is 0 Å². The number of ether oxygens (including phenoxy) is 1. The third kappa shape index (κ3) is 4.25. The number of hydrogen-bond donors (Lipinski definition) is 0. The third-order valence-electron chi connectivity index (χ3n) is 4.31. The van der Waals surface area contributed by atoms with Crippen molar-refractivity contribution >= 4 is 11.5 Å². The van der Waals surface area contributed by atoms with Crippen molar-refractivity contribution in [2.24, 2.45) is 0 Å². The summed E-state index contributed by atoms with van der Waals surface area (Å²) in [6.45, 7) is 3.87. The Morgan fingerprint density at radius 3 is 2.41 bits per heavy atom. The van der Waals surface area contributed by atoms with Gasteiger partial charge in [-0.05, 0) is 40.3 Å². The van der Waals surface area contributed by atoms with Crippen LogP contribution >= 0.6 is 0 Å². The smallest absolute Gasteiger partial charge is 0.406 e. The molecule has 0 bridgehead atoms. The van der Waals surface area contributed by atoms with Gasteiger partial charge in [0.05, 0.1) is 0 Å². The molecule has 0 unspecified atom stereocenters. The molecule has 11 heteroatoms. The highest BCUT2D eigenvalue weighted by atomic mass is 19.4. The number of aromatic nitrogens is 5. The quantitative estimate of drug-likeness (QED) is 0.684. The highest BCUT2D eigenvalue weighted by Crippen LogP contribution is 2.23. The van der Waals surface area contributed by atoms with Gasteiger partial charge >= 0.3 is 6.36 Å². The number of tetrazole rings is 1. The molecule has 0 N–H and O–H groups in total. The Morgan fingerprint density at radius 2 is 1.70 bits per heavy atom. The van der Waals surface area contributed by atoms with E-state index in [-0.39, 0.29) is 5.75 Å². The Bertz CT molecular complexity index is 904. The molecular formula is C16H16F3N7O. The second-order valence-electron chi connectivity index (χ2n) is 6.17. The van der Waals surface area contributed by atoms with Crippen LogP contribution in [0.2, 0.25) is 0 Å². The number of piperazine rings is 1. The van der Waals surface area contributed by atoms with Gasteiger partial charge < -0.3 is 9.64 Å². The molecule has 1 aliphatic heterocycles. The summed E-state index contributed by atoms with van der Waals surface area (Å²) in [5, 5.41) is 15.6. The summed E-state index contributed by atoms with van der Waals surface area (Å²) >= 11 is 0. The number of halogens is 3. The topological polar surface area (TPSA) is 71.7 Å². The lowest BCUT2D eigenvalue weighted by Gasteiger charge is -2.35. The lowest BCUT2D eigenvalue weighted by Crippen LogP contribution is -2.46. The molecule has 2 aromatic heterocycles. The summed E-state index contributed by atoms with van der Waals surface area (Å²) in [5.74, 6) is 0.600. The zero-order valence-electron chi connectivity index (χ0n) is 14.2. The molecule has 0 atom stereocenters. The minimum atomic E-state index is -4.67. The van der Waals surface area contributed by atoms with E-state index in [1.54, 1.807) is 12.1 Å². The van der Waals surface area contributed by atoms with E-state index in [4.69, 9.17) is 0 Å². The summed E-state index contributed by atoms with van der Waals surface area (Å²) in [6, 6.07) is 9.69. The first-order valence-corrected chi connectivity index (χ1v) is 8.34. The fourth-order valence-electron chi connectivity index (χ4n) is 3.00. The minimum Gasteiger partial charge on any atom is -0.406 e. The predicted octanol–water partition coefficient (Wildman–Crippen LogP) is 1.74. The van der Waals surface area contributed by atoms with E-state index >= 15 is 0 Å². The average Bonchev–Trinajstić information content (AvgIpc) is 3.10. The molecule has 1 fully saturated rings. The van der Waals surface area contributed by atoms with Gasteiger partial charge in [0.2, 0.25) is 0 Å². The Kier molecular flexibility index (Phi) is 4.52. The predicted molar refractivity (Wildman–Crippen MR) is 89.2 cm³/mol. The maximum atomic E-state index is 12.2. The molecular weight excluding hydrogens is 363 g/mol. The molecule has 0 saturated carbocycles. The molecule has 142 valence electrons. The van der Waals surface area contributed by atoms with E-state index in [1.165, 1.54) is 16.8 Å². The summed E-state index contributed by atoms with van der Waals surface area (Å²) in [7, 11) is 0. The molecule has 0 amide bonds. The molecule has 0 radical (unpaired) electrons. The van der Waals surface area contributed by atoms with Crippen molar-refractivity contribution in [2.45, 2.75) is 12.9 Å². The van der Waals surface area contributed by atoms with Gasteiger partial charge in [-0.25, -0.2) is 0 Å². The van der Waals surface area contributed by atoms with E-state index in [0.29, 0.717) is 12.2 Å². The number of benzene rings is 1. The van der Waals surface area contributed by atoms with Gasteiger partial charge in [-0.2, -0.15) is 0 Å². The second-order valence-corrected chi connectivity index (χ2v) is 6.17. The van der Waals surface area contributed by atoms with E-state index in [9.17, 15) is 13.2 Å². The van der Waals surface area contributed by atoms with Crippen LogP contribution in [0.1, 0.15) is 5.56 Å². The number of fused-ring (bicyclic) bond motifs is 1. The van der Waals surface area contributed by atoms with E-state index in [0.717, 1.165) is 37.6 Å². The monoisotopic (exact) mass is 379 g/mol. The minimum absolute atomic E-state index is 0.208. The maximum absolute atomic E-state index is 12.2. The highest BCUT2D eigenvalue weighted by Gasteiger charge is 2.31. The maximum Gasteiger partial charge on any atom is 0.573 e. The van der Waals surface area contributed by atoms with Gasteiger partial charge in [0.25, 0.3) is 0 Å². The molecule has 1 aromatic carbocycles. The largest absolute Gasteiger partial charge is 0.573 e. The first-order valence-electron chi connectivity index (χ1n) is 8.34. The van der Waals surface area contributed by atoms with E-state index in [1.807, 2.05) is 12.1 Å². The number of nitrogens with zero attached hydrogens (tertiary/aromatic N) is 7. The van der Waals surface area contributed by atoms with Gasteiger partial charge in [-0.1, -0.05) is 12.1 Å². The molecule has 1 aliphatic rings. The van der Waals surface area contributed by atoms with Crippen LogP contribution in [0, 0.1) is 0 Å². The van der Waals surface area contributed by atoms with Crippen LogP contribution in [0.5, 0.6) is 5.75 Å². The zero-order valence-corrected chi connectivity index (χ0v) is 14.2. The Balaban J connectivity index is 1.32. The van der Waals surface area contributed by atoms with Crippen LogP contribution in [-0.4, -0.2) is 62.7 Å². The lowest BCUT2D eigenvalue weighted by atomic mass is 10.2. The molecule has 3 heterocycles. The Hall–Kier alpha value is -2.95. The highest BCUT2D eigenvalue weighted by molar-refractivity contribution is 5.44. The first kappa shape index (κ1) is 17.5. The summed E-state index contributed by atoms with van der Waals surface area (Å²) in [6.07, 6.45) is -4.67. The van der Waals surface area contributed by atoms with Gasteiger partial charge in [0.1, 0.15) is 5.75 Å². The second kappa shape index (κ2) is 6.99. The summed E-state index contributed by atoms with van der Waals surface area (Å²) < 4.78 is 41.9. The molecule has 3 aromatic rings. The number of alkyl halides is 3. The van der Waals surface area contributed by atoms with Gasteiger partial charge in [-0.15, -0.1) is 28.0 Å². The standard InChI is InChI=1S/C16H16F3N7O/c17-16(18,19)27-13-3-1-12(2-4-13)11-24-7-9-25(10-8-24)15-6-5-14-20-22-23-26(14)21-15/h1-6H,7-11H2. The molecule has 1 saturated heterocycles. The Morgan fingerprint density at radius 1 is 0.963 bits per heavy atom. The molecule has 8 nitrogen and oxygen atoms in total. The van der Waals surface area contributed by atoms with Crippen molar-refractivity contribution in [2.75, 3.05) is 31.1 Å². The normalized spacial score (nSPS) is 16.0. The van der Waals surface area contributed by atoms with E-state index < -0.39 is 6.36 Å². The number of anilines is 1. The summed E-state index contributed by atoms with van der Waals surface area (Å²) in [5.41, 5.74) is 1.53. The van der Waals surface area contributed by atoms with Gasteiger partial charge in [-0.3, -0.25) is 4.90 Å². The van der Waals surface area contributed by atoms with Crippen LogP contribution in [0.3, 0.4) is 0 Å². The fraction of sp³-hybridized carbons (Fsp3) is 0.375. The van der Waals surface area contributed by atoms with Crippen molar-refractivity contribution in [3.8, 4) is 5.75 Å². The molecule has 0 aliphatic carbocycles. The first-order chi connectivity index (χ1) is 13.0. The Labute approximate surface area is 152 Å². The fourth-order valence-corrected chi connectivity index (χ4v) is 3.00. The van der Waals surface area contributed by atoms with Crippen molar-refractivity contribution < 1.29 is 17.9 Å². The third-order valence-corrected chi connectivity index (χ3v) is 4.31. The molecule has 27 heavy (non-hydrogen) atoms. The van der Waals surface area contributed by atoms with Crippen molar-refractivity contribution in [1.82, 2.24) is 30.2 Å². The zero-order chi connectivity index (χ0) is 18.9. The molecule has 4 rings (SSSR count). The number of rotatable bonds is 4. The average molecular weight is 379 g/mol. The summed E-state index contributed by atoms with van der Waals surface area (Å²) in [4.78, 5) is 4.39. The van der Waals surface area contributed by atoms with Crippen LogP contribution in [0.25, 0.3) is 5.65 Å². The SMILES string of the molecule is FC(F)(F)Oc1ccc(CN2CCN(c3ccc4nnnn4n3)CC2)cc1. The number of hydrogen-bond acceptors (Lipinski definition) is 7. The van der Waals surface area contributed by atoms with Crippen LogP contribution in [-0.2, 0) is 6.54 Å². The van der Waals surface area contributed by atoms with Crippen LogP contribution in [0.4, 0.5) is 19.0 Å².